The molecule has 9 atom stereocenters. The Morgan fingerprint density at radius 3 is 1.73 bits per heavy atom. The number of carbonyl (C=O) groups excluding carboxylic acids is 9. The minimum absolute atomic E-state index is 0.0576. The summed E-state index contributed by atoms with van der Waals surface area (Å²) in [4.78, 5) is 141. The Hall–Kier alpha value is -5.91. The van der Waals surface area contributed by atoms with Gasteiger partial charge in [0.15, 0.2) is 0 Å². The van der Waals surface area contributed by atoms with E-state index in [1.807, 2.05) is 19.2 Å². The first kappa shape index (κ1) is 55.1. The van der Waals surface area contributed by atoms with Crippen LogP contribution in [0.3, 0.4) is 0 Å². The van der Waals surface area contributed by atoms with Crippen LogP contribution in [0, 0.1) is 17.8 Å². The SMILES string of the molecule is CC[C@H](C)[C@H](NC(=O)[C@H](CC(C)C)NC(=O)[C@@H](N)CC(N)=O)C(=O)N[C@@H](CC(C)C)C(=O)NCC(=O)N[C@@H](C)C(=O)N1CCC[C@H]1C(=O)N[C@@H](CC(=O)O)C(=O)N[C@@H](CO)C(=O)O. The van der Waals surface area contributed by atoms with Crippen LogP contribution >= 0.6 is 0 Å². The van der Waals surface area contributed by atoms with Gasteiger partial charge >= 0.3 is 11.9 Å². The average Bonchev–Trinajstić information content (AvgIpc) is 3.68. The molecule has 0 bridgehead atoms. The van der Waals surface area contributed by atoms with E-state index in [2.05, 4.69) is 31.9 Å². The predicted octanol–water partition coefficient (Wildman–Crippen LogP) is -4.09. The summed E-state index contributed by atoms with van der Waals surface area (Å²) in [5.74, 6) is -11.2. The molecule has 0 aromatic carbocycles. The molecule has 0 unspecified atom stereocenters. The first-order chi connectivity index (χ1) is 29.3. The molecule has 1 aliphatic rings. The first-order valence-electron chi connectivity index (χ1n) is 20.8. The van der Waals surface area contributed by atoms with Gasteiger partial charge in [-0.1, -0.05) is 48.0 Å². The summed E-state index contributed by atoms with van der Waals surface area (Å²) in [5.41, 5.74) is 10.9. The molecule has 1 rings (SSSR count). The van der Waals surface area contributed by atoms with E-state index >= 15 is 0 Å². The van der Waals surface area contributed by atoms with Gasteiger partial charge in [-0.25, -0.2) is 4.79 Å². The number of aliphatic hydroxyl groups is 1. The first-order valence-corrected chi connectivity index (χ1v) is 20.8. The minimum Gasteiger partial charge on any atom is -0.481 e. The second-order valence-corrected chi connectivity index (χ2v) is 16.5. The Morgan fingerprint density at radius 1 is 0.683 bits per heavy atom. The summed E-state index contributed by atoms with van der Waals surface area (Å²) in [5, 5.41) is 44.5. The van der Waals surface area contributed by atoms with Crippen LogP contribution < -0.4 is 48.7 Å². The number of nitrogens with zero attached hydrogens (tertiary/aromatic N) is 1. The third-order valence-corrected chi connectivity index (χ3v) is 10.0. The number of primary amides is 1. The maximum absolute atomic E-state index is 13.8. The van der Waals surface area contributed by atoms with Gasteiger partial charge in [-0.2, -0.15) is 0 Å². The van der Waals surface area contributed by atoms with Crippen molar-refractivity contribution in [2.45, 2.75) is 142 Å². The monoisotopic (exact) mass is 898 g/mol. The molecule has 63 heavy (non-hydrogen) atoms. The van der Waals surface area contributed by atoms with Crippen molar-refractivity contribution in [3.63, 3.8) is 0 Å². The lowest BCUT2D eigenvalue weighted by molar-refractivity contribution is -0.145. The molecule has 0 spiro atoms. The van der Waals surface area contributed by atoms with Gasteiger partial charge in [-0.05, 0) is 50.4 Å². The van der Waals surface area contributed by atoms with E-state index in [0.717, 1.165) is 4.90 Å². The third-order valence-electron chi connectivity index (χ3n) is 10.0. The van der Waals surface area contributed by atoms with Gasteiger partial charge in [0.2, 0.25) is 53.2 Å². The summed E-state index contributed by atoms with van der Waals surface area (Å²) in [6.07, 6.45) is -0.252. The molecule has 9 amide bonds. The Kier molecular flexibility index (Phi) is 23.2. The van der Waals surface area contributed by atoms with Crippen molar-refractivity contribution >= 4 is 65.1 Å². The zero-order valence-electron chi connectivity index (χ0n) is 36.9. The molecule has 0 saturated carbocycles. The van der Waals surface area contributed by atoms with Gasteiger partial charge in [-0.3, -0.25) is 47.9 Å². The number of carboxylic acid groups (broad SMARTS) is 2. The third kappa shape index (κ3) is 18.9. The smallest absolute Gasteiger partial charge is 0.328 e. The van der Waals surface area contributed by atoms with E-state index in [9.17, 15) is 63.0 Å². The van der Waals surface area contributed by atoms with E-state index in [4.69, 9.17) is 16.6 Å². The van der Waals surface area contributed by atoms with Crippen LogP contribution in [0.5, 0.6) is 0 Å². The van der Waals surface area contributed by atoms with Crippen LogP contribution in [0.1, 0.15) is 93.4 Å². The number of aliphatic hydroxyl groups excluding tert-OH is 1. The highest BCUT2D eigenvalue weighted by Crippen LogP contribution is 2.19. The highest BCUT2D eigenvalue weighted by atomic mass is 16.4. The van der Waals surface area contributed by atoms with Crippen LogP contribution in [0.2, 0.25) is 0 Å². The van der Waals surface area contributed by atoms with E-state index in [0.29, 0.717) is 12.8 Å². The molecular weight excluding hydrogens is 832 g/mol. The van der Waals surface area contributed by atoms with E-state index in [-0.39, 0.29) is 37.6 Å². The number of rotatable bonds is 27. The lowest BCUT2D eigenvalue weighted by Gasteiger charge is -2.29. The average molecular weight is 899 g/mol. The summed E-state index contributed by atoms with van der Waals surface area (Å²) in [6.45, 7) is 10.4. The largest absolute Gasteiger partial charge is 0.481 e. The van der Waals surface area contributed by atoms with E-state index in [1.54, 1.807) is 27.7 Å². The summed E-state index contributed by atoms with van der Waals surface area (Å²) < 4.78 is 0. The highest BCUT2D eigenvalue weighted by Gasteiger charge is 2.39. The van der Waals surface area contributed by atoms with Crippen LogP contribution in [0.15, 0.2) is 0 Å². The zero-order chi connectivity index (χ0) is 48.3. The Balaban J connectivity index is 3.03. The number of hydrogen-bond acceptors (Lipinski definition) is 13. The lowest BCUT2D eigenvalue weighted by Crippen LogP contribution is -2.60. The number of carbonyl (C=O) groups is 11. The normalized spacial score (nSPS) is 17.4. The highest BCUT2D eigenvalue weighted by molar-refractivity contribution is 5.98. The topological polar surface area (TPSA) is 388 Å². The standard InChI is InChI=1S/C39H66N10O14/c1-8-20(6)31(48-35(58)24(13-19(4)5)44-32(55)22(40)14-28(41)51)37(60)46-23(12-18(2)3)33(56)42-16-29(52)43-21(7)38(61)49-11-9-10-27(49)36(59)45-25(15-30(53)54)34(57)47-26(17-50)39(62)63/h18-27,31,50H,8-17,40H2,1-7H3,(H2,41,51)(H,42,56)(H,43,52)(H,44,55)(H,45,59)(H,46,60)(H,47,57)(H,48,58)(H,53,54)(H,62,63)/t20-,21-,22-,23-,24-,25-,26-,27-,31-/m0/s1. The Morgan fingerprint density at radius 2 is 1.22 bits per heavy atom. The van der Waals surface area contributed by atoms with Crippen LogP contribution in [-0.2, 0) is 52.7 Å². The number of hydrogen-bond donors (Lipinski definition) is 12. The molecule has 0 aromatic rings. The molecule has 24 heteroatoms. The van der Waals surface area contributed by atoms with E-state index < -0.39 is 145 Å². The molecule has 356 valence electrons. The maximum Gasteiger partial charge on any atom is 0.328 e. The number of amides is 9. The molecule has 24 nitrogen and oxygen atoms in total. The van der Waals surface area contributed by atoms with Crippen molar-refractivity contribution in [3.05, 3.63) is 0 Å². The van der Waals surface area contributed by atoms with Crippen molar-refractivity contribution in [1.29, 1.82) is 0 Å². The van der Waals surface area contributed by atoms with Gasteiger partial charge in [-0.15, -0.1) is 0 Å². The summed E-state index contributed by atoms with van der Waals surface area (Å²) in [6, 6.07) is -10.7. The van der Waals surface area contributed by atoms with Crippen LogP contribution in [0.4, 0.5) is 0 Å². The van der Waals surface area contributed by atoms with Gasteiger partial charge in [0.1, 0.15) is 42.3 Å². The molecule has 0 aromatic heterocycles. The molecule has 14 N–H and O–H groups in total. The van der Waals surface area contributed by atoms with E-state index in [1.165, 1.54) is 6.92 Å². The van der Waals surface area contributed by atoms with Crippen molar-refractivity contribution in [1.82, 2.24) is 42.1 Å². The van der Waals surface area contributed by atoms with Gasteiger partial charge < -0.3 is 68.9 Å². The second kappa shape index (κ2) is 26.5. The number of likely N-dealkylation sites (tertiary alicyclic amines) is 1. The van der Waals surface area contributed by atoms with Gasteiger partial charge in [0, 0.05) is 6.54 Å². The maximum atomic E-state index is 13.8. The molecular formula is C39H66N10O14. The van der Waals surface area contributed by atoms with Gasteiger partial charge in [0.25, 0.3) is 0 Å². The molecule has 1 heterocycles. The molecule has 0 aliphatic carbocycles. The quantitative estimate of drug-likeness (QED) is 0.0373. The van der Waals surface area contributed by atoms with Crippen molar-refractivity contribution in [2.24, 2.45) is 29.2 Å². The Bertz CT molecular complexity index is 1680. The Labute approximate surface area is 365 Å². The van der Waals surface area contributed by atoms with Crippen LogP contribution in [0.25, 0.3) is 0 Å². The number of nitrogens with one attached hydrogen (secondary N) is 7. The van der Waals surface area contributed by atoms with Gasteiger partial charge in [0.05, 0.1) is 32.0 Å². The fourth-order valence-electron chi connectivity index (χ4n) is 6.52. The predicted molar refractivity (Wildman–Crippen MR) is 222 cm³/mol. The fraction of sp³-hybridized carbons (Fsp3) is 0.718. The van der Waals surface area contributed by atoms with Crippen molar-refractivity contribution in [3.8, 4) is 0 Å². The molecule has 1 fully saturated rings. The minimum atomic E-state index is -1.77. The summed E-state index contributed by atoms with van der Waals surface area (Å²) >= 11 is 0. The van der Waals surface area contributed by atoms with Crippen LogP contribution in [-0.4, -0.2) is 153 Å². The molecule has 1 aliphatic heterocycles. The van der Waals surface area contributed by atoms with Crippen molar-refractivity contribution < 1.29 is 68.1 Å². The number of carboxylic acids is 2. The second-order valence-electron chi connectivity index (χ2n) is 16.5. The number of aliphatic carboxylic acids is 2. The summed E-state index contributed by atoms with van der Waals surface area (Å²) in [7, 11) is 0. The lowest BCUT2D eigenvalue weighted by atomic mass is 9.95. The molecule has 0 radical (unpaired) electrons. The van der Waals surface area contributed by atoms with Crippen molar-refractivity contribution in [2.75, 3.05) is 19.7 Å². The number of nitrogens with two attached hydrogens (primary N) is 2. The fourth-order valence-corrected chi connectivity index (χ4v) is 6.52. The molecule has 1 saturated heterocycles. The zero-order valence-corrected chi connectivity index (χ0v) is 36.9.